The predicted molar refractivity (Wildman–Crippen MR) is 102 cm³/mol. The number of hydrogen-bond donors (Lipinski definition) is 1. The topological polar surface area (TPSA) is 86.4 Å². The molecule has 1 atom stereocenters. The van der Waals surface area contributed by atoms with E-state index in [4.69, 9.17) is 36.8 Å². The van der Waals surface area contributed by atoms with Crippen LogP contribution >= 0.6 is 11.6 Å². The van der Waals surface area contributed by atoms with Gasteiger partial charge in [-0.05, 0) is 32.9 Å². The highest BCUT2D eigenvalue weighted by Crippen LogP contribution is 2.32. The van der Waals surface area contributed by atoms with Crippen LogP contribution in [-0.2, 0) is 15.1 Å². The van der Waals surface area contributed by atoms with Crippen molar-refractivity contribution in [3.05, 3.63) is 29.0 Å². The van der Waals surface area contributed by atoms with Crippen molar-refractivity contribution >= 4 is 23.4 Å². The second-order valence-corrected chi connectivity index (χ2v) is 7.27. The van der Waals surface area contributed by atoms with Gasteiger partial charge in [0, 0.05) is 25.4 Å². The third kappa shape index (κ3) is 3.75. The summed E-state index contributed by atoms with van der Waals surface area (Å²) >= 11 is 6.39. The summed E-state index contributed by atoms with van der Waals surface area (Å²) in [6, 6.07) is 3.69. The van der Waals surface area contributed by atoms with Gasteiger partial charge >= 0.3 is 0 Å². The quantitative estimate of drug-likeness (QED) is 0.876. The molecule has 1 aliphatic heterocycles. The first-order valence-corrected chi connectivity index (χ1v) is 8.90. The van der Waals surface area contributed by atoms with Crippen LogP contribution in [0.3, 0.4) is 0 Å². The fourth-order valence-corrected chi connectivity index (χ4v) is 3.03. The number of anilines is 2. The molecule has 7 nitrogen and oxygen atoms in total. The molecule has 1 saturated heterocycles. The molecule has 0 bridgehead atoms. The van der Waals surface area contributed by atoms with Crippen molar-refractivity contribution in [3.8, 4) is 11.3 Å². The van der Waals surface area contributed by atoms with Gasteiger partial charge in [0.15, 0.2) is 0 Å². The van der Waals surface area contributed by atoms with E-state index in [1.54, 1.807) is 19.4 Å². The van der Waals surface area contributed by atoms with E-state index in [1.807, 2.05) is 19.9 Å². The SMILES string of the molecule is COC(C)(C)c1cc(-c2cnc(N)cc2Cl)nc(N2CCOC[C@@H]2C)n1. The van der Waals surface area contributed by atoms with Crippen LogP contribution in [0.2, 0.25) is 5.02 Å². The van der Waals surface area contributed by atoms with Crippen LogP contribution in [0.5, 0.6) is 0 Å². The summed E-state index contributed by atoms with van der Waals surface area (Å²) in [5.74, 6) is 0.999. The number of nitrogens with two attached hydrogens (primary N) is 1. The summed E-state index contributed by atoms with van der Waals surface area (Å²) in [7, 11) is 1.66. The van der Waals surface area contributed by atoms with Crippen molar-refractivity contribution in [2.75, 3.05) is 37.5 Å². The molecule has 8 heteroatoms. The van der Waals surface area contributed by atoms with Crippen LogP contribution in [0.15, 0.2) is 18.3 Å². The van der Waals surface area contributed by atoms with Gasteiger partial charge in [0.05, 0.1) is 35.7 Å². The first-order chi connectivity index (χ1) is 12.3. The highest BCUT2D eigenvalue weighted by Gasteiger charge is 2.28. The Morgan fingerprint density at radius 2 is 2.12 bits per heavy atom. The Morgan fingerprint density at radius 1 is 1.35 bits per heavy atom. The van der Waals surface area contributed by atoms with E-state index in [0.29, 0.717) is 41.3 Å². The second-order valence-electron chi connectivity index (χ2n) is 6.86. The van der Waals surface area contributed by atoms with Crippen LogP contribution in [0.4, 0.5) is 11.8 Å². The Hall–Kier alpha value is -1.96. The molecule has 140 valence electrons. The predicted octanol–water partition coefficient (Wildman–Crippen LogP) is 2.88. The lowest BCUT2D eigenvalue weighted by Crippen LogP contribution is -2.45. The molecule has 1 aliphatic rings. The van der Waals surface area contributed by atoms with E-state index < -0.39 is 5.60 Å². The molecule has 2 N–H and O–H groups in total. The van der Waals surface area contributed by atoms with E-state index >= 15 is 0 Å². The van der Waals surface area contributed by atoms with Crippen LogP contribution < -0.4 is 10.6 Å². The zero-order valence-electron chi connectivity index (χ0n) is 15.5. The fourth-order valence-electron chi connectivity index (χ4n) is 2.77. The summed E-state index contributed by atoms with van der Waals surface area (Å²) in [6.45, 7) is 8.04. The molecule has 0 amide bonds. The number of methoxy groups -OCH3 is 1. The average molecular weight is 378 g/mol. The van der Waals surface area contributed by atoms with Gasteiger partial charge in [-0.2, -0.15) is 0 Å². The second kappa shape index (κ2) is 7.34. The normalized spacial score (nSPS) is 18.2. The number of halogens is 1. The van der Waals surface area contributed by atoms with Crippen molar-refractivity contribution < 1.29 is 9.47 Å². The van der Waals surface area contributed by atoms with Gasteiger partial charge in [0.1, 0.15) is 11.4 Å². The van der Waals surface area contributed by atoms with Gasteiger partial charge in [-0.1, -0.05) is 11.6 Å². The molecular weight excluding hydrogens is 354 g/mol. The molecule has 0 aliphatic carbocycles. The maximum absolute atomic E-state index is 6.39. The standard InChI is InChI=1S/C18H24ClN5O2/c1-11-10-26-6-5-24(11)17-22-14(8-15(23-17)18(2,3)25-4)12-9-21-16(20)7-13(12)19/h7-9,11H,5-6,10H2,1-4H3,(H2,20,21)/t11-/m0/s1. The van der Waals surface area contributed by atoms with Crippen molar-refractivity contribution in [1.29, 1.82) is 0 Å². The van der Waals surface area contributed by atoms with Crippen molar-refractivity contribution in [3.63, 3.8) is 0 Å². The van der Waals surface area contributed by atoms with Crippen molar-refractivity contribution in [1.82, 2.24) is 15.0 Å². The minimum Gasteiger partial charge on any atom is -0.384 e. The number of nitrogen functional groups attached to an aromatic ring is 1. The summed E-state index contributed by atoms with van der Waals surface area (Å²) in [5.41, 5.74) is 7.31. The van der Waals surface area contributed by atoms with Crippen LogP contribution in [0, 0.1) is 0 Å². The smallest absolute Gasteiger partial charge is 0.226 e. The third-order valence-corrected chi connectivity index (χ3v) is 4.93. The summed E-state index contributed by atoms with van der Waals surface area (Å²) in [6.07, 6.45) is 1.64. The van der Waals surface area contributed by atoms with E-state index in [9.17, 15) is 0 Å². The lowest BCUT2D eigenvalue weighted by molar-refractivity contribution is 0.0154. The number of hydrogen-bond acceptors (Lipinski definition) is 7. The molecule has 26 heavy (non-hydrogen) atoms. The lowest BCUT2D eigenvalue weighted by Gasteiger charge is -2.34. The van der Waals surface area contributed by atoms with Crippen LogP contribution in [0.25, 0.3) is 11.3 Å². The molecule has 0 saturated carbocycles. The van der Waals surface area contributed by atoms with E-state index in [-0.39, 0.29) is 6.04 Å². The fraction of sp³-hybridized carbons (Fsp3) is 0.500. The van der Waals surface area contributed by atoms with Gasteiger partial charge < -0.3 is 20.1 Å². The molecule has 3 rings (SSSR count). The Balaban J connectivity index is 2.14. The molecule has 2 aromatic heterocycles. The number of nitrogens with zero attached hydrogens (tertiary/aromatic N) is 4. The molecule has 0 unspecified atom stereocenters. The minimum absolute atomic E-state index is 0.178. The van der Waals surface area contributed by atoms with Crippen molar-refractivity contribution in [2.45, 2.75) is 32.4 Å². The van der Waals surface area contributed by atoms with Gasteiger partial charge in [-0.15, -0.1) is 0 Å². The average Bonchev–Trinajstić information content (AvgIpc) is 2.61. The zero-order valence-corrected chi connectivity index (χ0v) is 16.2. The number of rotatable bonds is 4. The Morgan fingerprint density at radius 3 is 2.77 bits per heavy atom. The largest absolute Gasteiger partial charge is 0.384 e. The van der Waals surface area contributed by atoms with Crippen LogP contribution in [0.1, 0.15) is 26.5 Å². The Labute approximate surface area is 158 Å². The zero-order chi connectivity index (χ0) is 18.9. The monoisotopic (exact) mass is 377 g/mol. The van der Waals surface area contributed by atoms with E-state index in [0.717, 1.165) is 12.2 Å². The first-order valence-electron chi connectivity index (χ1n) is 8.52. The minimum atomic E-state index is -0.574. The number of pyridine rings is 1. The van der Waals surface area contributed by atoms with Gasteiger partial charge in [-0.3, -0.25) is 0 Å². The summed E-state index contributed by atoms with van der Waals surface area (Å²) < 4.78 is 11.2. The molecule has 1 fully saturated rings. The van der Waals surface area contributed by atoms with E-state index in [1.165, 1.54) is 0 Å². The molecular formula is C18H24ClN5O2. The summed E-state index contributed by atoms with van der Waals surface area (Å²) in [5, 5.41) is 0.498. The maximum atomic E-state index is 6.39. The molecule has 0 spiro atoms. The van der Waals surface area contributed by atoms with Gasteiger partial charge in [0.2, 0.25) is 5.95 Å². The highest BCUT2D eigenvalue weighted by molar-refractivity contribution is 6.33. The maximum Gasteiger partial charge on any atom is 0.226 e. The van der Waals surface area contributed by atoms with E-state index in [2.05, 4.69) is 16.8 Å². The molecule has 0 radical (unpaired) electrons. The number of morpholine rings is 1. The third-order valence-electron chi connectivity index (χ3n) is 4.62. The highest BCUT2D eigenvalue weighted by atomic mass is 35.5. The number of aromatic nitrogens is 3. The van der Waals surface area contributed by atoms with Crippen molar-refractivity contribution in [2.24, 2.45) is 0 Å². The first kappa shape index (κ1) is 18.8. The Bertz CT molecular complexity index is 799. The molecule has 3 heterocycles. The van der Waals surface area contributed by atoms with Gasteiger partial charge in [0.25, 0.3) is 0 Å². The molecule has 2 aromatic rings. The number of ether oxygens (including phenoxy) is 2. The summed E-state index contributed by atoms with van der Waals surface area (Å²) in [4.78, 5) is 15.8. The Kier molecular flexibility index (Phi) is 5.32. The van der Waals surface area contributed by atoms with Crippen LogP contribution in [-0.4, -0.2) is 47.9 Å². The lowest BCUT2D eigenvalue weighted by atomic mass is 10.0. The van der Waals surface area contributed by atoms with Gasteiger partial charge in [-0.25, -0.2) is 15.0 Å². The molecule has 0 aromatic carbocycles.